The summed E-state index contributed by atoms with van der Waals surface area (Å²) in [5.74, 6) is -0.143. The number of hydrogen-bond acceptors (Lipinski definition) is 3. The van der Waals surface area contributed by atoms with Crippen LogP contribution in [0.3, 0.4) is 0 Å². The van der Waals surface area contributed by atoms with Crippen LogP contribution in [0.5, 0.6) is 0 Å². The Morgan fingerprint density at radius 1 is 1.36 bits per heavy atom. The molecule has 0 saturated heterocycles. The molecular formula is C9H19NO3S. The summed E-state index contributed by atoms with van der Waals surface area (Å²) < 4.78 is 29.4. The molecule has 1 fully saturated rings. The lowest BCUT2D eigenvalue weighted by Crippen LogP contribution is -2.40. The van der Waals surface area contributed by atoms with E-state index in [0.717, 1.165) is 0 Å². The Kier molecular flexibility index (Phi) is 3.92. The van der Waals surface area contributed by atoms with Crippen LogP contribution in [0.1, 0.15) is 39.0 Å². The lowest BCUT2D eigenvalue weighted by atomic mass is 10.0. The maximum Gasteiger partial charge on any atom is 0.264 e. The molecule has 2 N–H and O–H groups in total. The van der Waals surface area contributed by atoms with Gasteiger partial charge in [-0.15, -0.1) is 0 Å². The molecular weight excluding hydrogens is 202 g/mol. The van der Waals surface area contributed by atoms with Gasteiger partial charge >= 0.3 is 0 Å². The van der Waals surface area contributed by atoms with Gasteiger partial charge in [0.1, 0.15) is 0 Å². The summed E-state index contributed by atoms with van der Waals surface area (Å²) in [7, 11) is -3.78. The number of nitrogens with one attached hydrogen (secondary N) is 1. The minimum Gasteiger partial charge on any atom is -0.311 e. The van der Waals surface area contributed by atoms with Gasteiger partial charge in [-0.3, -0.25) is 4.55 Å². The van der Waals surface area contributed by atoms with Crippen LogP contribution in [-0.4, -0.2) is 30.8 Å². The predicted octanol–water partition coefficient (Wildman–Crippen LogP) is 1.19. The summed E-state index contributed by atoms with van der Waals surface area (Å²) in [5, 5.41) is 3.36. The van der Waals surface area contributed by atoms with E-state index in [1.165, 1.54) is 25.7 Å². The highest BCUT2D eigenvalue weighted by atomic mass is 32.2. The Morgan fingerprint density at radius 2 is 1.93 bits per heavy atom. The molecule has 1 aliphatic rings. The highest BCUT2D eigenvalue weighted by Gasteiger charge is 2.27. The molecule has 0 aromatic carbocycles. The van der Waals surface area contributed by atoms with Crippen molar-refractivity contribution in [2.24, 2.45) is 0 Å². The van der Waals surface area contributed by atoms with Crippen molar-refractivity contribution in [2.75, 3.05) is 12.3 Å². The fourth-order valence-electron chi connectivity index (χ4n) is 1.98. The van der Waals surface area contributed by atoms with Crippen molar-refractivity contribution in [3.05, 3.63) is 0 Å². The molecule has 0 amide bonds. The molecule has 1 rings (SSSR count). The molecule has 1 saturated carbocycles. The molecule has 5 heteroatoms. The van der Waals surface area contributed by atoms with Crippen LogP contribution in [0.2, 0.25) is 0 Å². The van der Waals surface area contributed by atoms with Gasteiger partial charge in [-0.1, -0.05) is 12.8 Å². The van der Waals surface area contributed by atoms with E-state index >= 15 is 0 Å². The van der Waals surface area contributed by atoms with Crippen molar-refractivity contribution in [2.45, 2.75) is 44.6 Å². The Hall–Kier alpha value is -0.130. The molecule has 0 spiro atoms. The molecule has 0 radical (unpaired) electrons. The molecule has 0 bridgehead atoms. The van der Waals surface area contributed by atoms with Crippen LogP contribution >= 0.6 is 0 Å². The summed E-state index contributed by atoms with van der Waals surface area (Å²) in [4.78, 5) is 0. The first-order valence-electron chi connectivity index (χ1n) is 5.12. The van der Waals surface area contributed by atoms with Crippen molar-refractivity contribution in [1.29, 1.82) is 0 Å². The van der Waals surface area contributed by atoms with Crippen molar-refractivity contribution >= 4 is 10.1 Å². The maximum atomic E-state index is 10.4. The third kappa shape index (κ3) is 4.39. The molecule has 0 heterocycles. The van der Waals surface area contributed by atoms with Gasteiger partial charge in [0.2, 0.25) is 0 Å². The second-order valence-corrected chi connectivity index (χ2v) is 5.91. The largest absolute Gasteiger partial charge is 0.311 e. The Balaban J connectivity index is 2.15. The Morgan fingerprint density at radius 3 is 2.43 bits per heavy atom. The third-order valence-electron chi connectivity index (χ3n) is 2.84. The zero-order valence-electron chi connectivity index (χ0n) is 8.62. The summed E-state index contributed by atoms with van der Waals surface area (Å²) in [5.41, 5.74) is 0.194. The number of hydrogen-bond donors (Lipinski definition) is 2. The van der Waals surface area contributed by atoms with E-state index in [-0.39, 0.29) is 11.3 Å². The minimum atomic E-state index is -3.78. The fourth-order valence-corrected chi connectivity index (χ4v) is 2.49. The van der Waals surface area contributed by atoms with Crippen molar-refractivity contribution in [3.8, 4) is 0 Å². The first kappa shape index (κ1) is 11.9. The zero-order valence-corrected chi connectivity index (χ0v) is 9.44. The van der Waals surface area contributed by atoms with Crippen LogP contribution in [0.15, 0.2) is 0 Å². The summed E-state index contributed by atoms with van der Waals surface area (Å²) in [6.07, 6.45) is 5.32. The lowest BCUT2D eigenvalue weighted by Gasteiger charge is -2.25. The molecule has 14 heavy (non-hydrogen) atoms. The number of rotatable bonds is 5. The van der Waals surface area contributed by atoms with E-state index in [2.05, 4.69) is 12.2 Å². The molecule has 0 atom stereocenters. The average molecular weight is 221 g/mol. The molecule has 0 unspecified atom stereocenters. The standard InChI is InChI=1S/C9H19NO3S/c1-9(5-2-3-6-9)10-7-4-8-14(11,12)13/h10H,2-8H2,1H3,(H,11,12,13). The van der Waals surface area contributed by atoms with Gasteiger partial charge in [-0.2, -0.15) is 8.42 Å². The zero-order chi connectivity index (χ0) is 10.7. The van der Waals surface area contributed by atoms with Crippen molar-refractivity contribution < 1.29 is 13.0 Å². The first-order valence-corrected chi connectivity index (χ1v) is 6.72. The minimum absolute atomic E-state index is 0.143. The topological polar surface area (TPSA) is 66.4 Å². The van der Waals surface area contributed by atoms with Crippen LogP contribution in [0, 0.1) is 0 Å². The lowest BCUT2D eigenvalue weighted by molar-refractivity contribution is 0.365. The van der Waals surface area contributed by atoms with Gasteiger partial charge in [0.25, 0.3) is 10.1 Å². The normalized spacial score (nSPS) is 21.3. The molecule has 0 aromatic heterocycles. The van der Waals surface area contributed by atoms with Gasteiger partial charge in [0.15, 0.2) is 0 Å². The quantitative estimate of drug-likeness (QED) is 0.540. The third-order valence-corrected chi connectivity index (χ3v) is 3.64. The van der Waals surface area contributed by atoms with E-state index < -0.39 is 10.1 Å². The first-order chi connectivity index (χ1) is 6.41. The van der Waals surface area contributed by atoms with Crippen LogP contribution < -0.4 is 5.32 Å². The van der Waals surface area contributed by atoms with Gasteiger partial charge in [0.05, 0.1) is 5.75 Å². The van der Waals surface area contributed by atoms with Gasteiger partial charge < -0.3 is 5.32 Å². The fraction of sp³-hybridized carbons (Fsp3) is 1.00. The smallest absolute Gasteiger partial charge is 0.264 e. The maximum absolute atomic E-state index is 10.4. The van der Waals surface area contributed by atoms with Gasteiger partial charge in [0, 0.05) is 5.54 Å². The molecule has 0 aromatic rings. The average Bonchev–Trinajstić information content (AvgIpc) is 2.45. The predicted molar refractivity (Wildman–Crippen MR) is 55.9 cm³/mol. The Bertz CT molecular complexity index is 268. The summed E-state index contributed by atoms with van der Waals surface area (Å²) >= 11 is 0. The molecule has 1 aliphatic carbocycles. The molecule has 0 aliphatic heterocycles. The Labute approximate surface area is 85.8 Å². The van der Waals surface area contributed by atoms with Crippen LogP contribution in [0.25, 0.3) is 0 Å². The SMILES string of the molecule is CC1(NCCCS(=O)(=O)O)CCCC1. The van der Waals surface area contributed by atoms with Gasteiger partial charge in [-0.25, -0.2) is 0 Å². The highest BCUT2D eigenvalue weighted by Crippen LogP contribution is 2.28. The van der Waals surface area contributed by atoms with E-state index in [1.54, 1.807) is 0 Å². The van der Waals surface area contributed by atoms with E-state index in [0.29, 0.717) is 13.0 Å². The summed E-state index contributed by atoms with van der Waals surface area (Å²) in [6, 6.07) is 0. The van der Waals surface area contributed by atoms with Crippen molar-refractivity contribution in [1.82, 2.24) is 5.32 Å². The monoisotopic (exact) mass is 221 g/mol. The summed E-state index contributed by atoms with van der Waals surface area (Å²) in [6.45, 7) is 2.84. The molecule has 84 valence electrons. The van der Waals surface area contributed by atoms with Crippen molar-refractivity contribution in [3.63, 3.8) is 0 Å². The van der Waals surface area contributed by atoms with Crippen LogP contribution in [0.4, 0.5) is 0 Å². The van der Waals surface area contributed by atoms with E-state index in [1.807, 2.05) is 0 Å². The second kappa shape index (κ2) is 4.59. The van der Waals surface area contributed by atoms with Crippen LogP contribution in [-0.2, 0) is 10.1 Å². The van der Waals surface area contributed by atoms with E-state index in [4.69, 9.17) is 4.55 Å². The molecule has 4 nitrogen and oxygen atoms in total. The second-order valence-electron chi connectivity index (χ2n) is 4.33. The van der Waals surface area contributed by atoms with E-state index in [9.17, 15) is 8.42 Å². The highest BCUT2D eigenvalue weighted by molar-refractivity contribution is 7.85. The van der Waals surface area contributed by atoms with Gasteiger partial charge in [-0.05, 0) is 32.7 Å².